The van der Waals surface area contributed by atoms with E-state index < -0.39 is 0 Å². The van der Waals surface area contributed by atoms with E-state index >= 15 is 0 Å². The molecular weight excluding hydrogens is 242 g/mol. The number of carbonyl (C=O) groups excluding carboxylic acids is 1. The van der Waals surface area contributed by atoms with Crippen LogP contribution in [0.4, 0.5) is 0 Å². The number of piperidine rings is 1. The van der Waals surface area contributed by atoms with Crippen LogP contribution in [0.5, 0.6) is 5.75 Å². The number of amides is 1. The Morgan fingerprint density at radius 2 is 2.16 bits per heavy atom. The second kappa shape index (κ2) is 6.57. The number of hydrogen-bond acceptors (Lipinski definition) is 3. The summed E-state index contributed by atoms with van der Waals surface area (Å²) in [7, 11) is 0. The van der Waals surface area contributed by atoms with Crippen LogP contribution in [0.25, 0.3) is 0 Å². The van der Waals surface area contributed by atoms with Gasteiger partial charge in [0.2, 0.25) is 0 Å². The van der Waals surface area contributed by atoms with Gasteiger partial charge in [-0.2, -0.15) is 0 Å². The highest BCUT2D eigenvalue weighted by atomic mass is 16.5. The van der Waals surface area contributed by atoms with E-state index in [-0.39, 0.29) is 19.1 Å². The molecule has 1 heterocycles. The van der Waals surface area contributed by atoms with Crippen molar-refractivity contribution < 1.29 is 14.6 Å². The van der Waals surface area contributed by atoms with Crippen molar-refractivity contribution in [2.24, 2.45) is 5.92 Å². The van der Waals surface area contributed by atoms with E-state index in [0.29, 0.717) is 5.92 Å². The molecule has 1 saturated heterocycles. The monoisotopic (exact) mass is 263 g/mol. The fourth-order valence-corrected chi connectivity index (χ4v) is 2.31. The minimum absolute atomic E-state index is 0.0258. The van der Waals surface area contributed by atoms with E-state index in [1.54, 1.807) is 0 Å². The maximum atomic E-state index is 12.0. The van der Waals surface area contributed by atoms with E-state index in [4.69, 9.17) is 9.84 Å². The molecule has 1 aliphatic rings. The molecule has 1 aromatic rings. The summed E-state index contributed by atoms with van der Waals surface area (Å²) < 4.78 is 5.51. The molecule has 1 N–H and O–H groups in total. The smallest absolute Gasteiger partial charge is 0.260 e. The van der Waals surface area contributed by atoms with Crippen molar-refractivity contribution in [2.45, 2.75) is 19.8 Å². The fraction of sp³-hybridized carbons (Fsp3) is 0.533. The molecule has 1 aromatic carbocycles. The molecule has 0 bridgehead atoms. The molecule has 4 heteroatoms. The lowest BCUT2D eigenvalue weighted by atomic mass is 9.98. The Labute approximate surface area is 114 Å². The zero-order valence-electron chi connectivity index (χ0n) is 11.3. The van der Waals surface area contributed by atoms with Crippen molar-refractivity contribution in [3.8, 4) is 5.75 Å². The SMILES string of the molecule is Cc1cccc(OCC(=O)N2CCC(CO)CC2)c1. The summed E-state index contributed by atoms with van der Waals surface area (Å²) in [5.41, 5.74) is 1.12. The lowest BCUT2D eigenvalue weighted by Gasteiger charge is -2.31. The number of aliphatic hydroxyl groups is 1. The van der Waals surface area contributed by atoms with Crippen LogP contribution in [0.1, 0.15) is 18.4 Å². The van der Waals surface area contributed by atoms with Gasteiger partial charge in [0.1, 0.15) is 5.75 Å². The Morgan fingerprint density at radius 1 is 1.42 bits per heavy atom. The average molecular weight is 263 g/mol. The van der Waals surface area contributed by atoms with Crippen molar-refractivity contribution in [2.75, 3.05) is 26.3 Å². The van der Waals surface area contributed by atoms with Crippen LogP contribution >= 0.6 is 0 Å². The molecule has 0 aromatic heterocycles. The minimum Gasteiger partial charge on any atom is -0.484 e. The predicted molar refractivity (Wildman–Crippen MR) is 73.1 cm³/mol. The Balaban J connectivity index is 1.79. The molecule has 19 heavy (non-hydrogen) atoms. The molecule has 0 aliphatic carbocycles. The van der Waals surface area contributed by atoms with Crippen LogP contribution in [0.2, 0.25) is 0 Å². The quantitative estimate of drug-likeness (QED) is 0.897. The molecule has 2 rings (SSSR count). The highest BCUT2D eigenvalue weighted by Crippen LogP contribution is 2.17. The van der Waals surface area contributed by atoms with Crippen LogP contribution in [0.3, 0.4) is 0 Å². The summed E-state index contributed by atoms with van der Waals surface area (Å²) >= 11 is 0. The molecule has 104 valence electrons. The van der Waals surface area contributed by atoms with Gasteiger partial charge in [0, 0.05) is 19.7 Å². The Bertz CT molecular complexity index is 425. The van der Waals surface area contributed by atoms with Crippen LogP contribution in [0.15, 0.2) is 24.3 Å². The molecule has 0 atom stereocenters. The normalized spacial score (nSPS) is 16.4. The first-order valence-electron chi connectivity index (χ1n) is 6.77. The molecule has 4 nitrogen and oxygen atoms in total. The van der Waals surface area contributed by atoms with Crippen LogP contribution < -0.4 is 4.74 Å². The highest BCUT2D eigenvalue weighted by molar-refractivity contribution is 5.77. The second-order valence-electron chi connectivity index (χ2n) is 5.11. The lowest BCUT2D eigenvalue weighted by Crippen LogP contribution is -2.41. The maximum Gasteiger partial charge on any atom is 0.260 e. The first kappa shape index (κ1) is 13.9. The third-order valence-electron chi connectivity index (χ3n) is 3.58. The van der Waals surface area contributed by atoms with Crippen LogP contribution in [-0.4, -0.2) is 42.2 Å². The van der Waals surface area contributed by atoms with Gasteiger partial charge >= 0.3 is 0 Å². The topological polar surface area (TPSA) is 49.8 Å². The van der Waals surface area contributed by atoms with Crippen molar-refractivity contribution in [1.29, 1.82) is 0 Å². The summed E-state index contributed by atoms with van der Waals surface area (Å²) in [5.74, 6) is 1.11. The average Bonchev–Trinajstić information content (AvgIpc) is 2.45. The molecule has 0 unspecified atom stereocenters. The fourth-order valence-electron chi connectivity index (χ4n) is 2.31. The van der Waals surface area contributed by atoms with Gasteiger partial charge < -0.3 is 14.7 Å². The van der Waals surface area contributed by atoms with Gasteiger partial charge in [-0.1, -0.05) is 12.1 Å². The Morgan fingerprint density at radius 3 is 2.79 bits per heavy atom. The van der Waals surface area contributed by atoms with Crippen LogP contribution in [0, 0.1) is 12.8 Å². The third kappa shape index (κ3) is 3.96. The highest BCUT2D eigenvalue weighted by Gasteiger charge is 2.22. The minimum atomic E-state index is 0.0258. The number of rotatable bonds is 4. The lowest BCUT2D eigenvalue weighted by molar-refractivity contribution is -0.134. The van der Waals surface area contributed by atoms with Gasteiger partial charge in [-0.3, -0.25) is 4.79 Å². The number of nitrogens with zero attached hydrogens (tertiary/aromatic N) is 1. The summed E-state index contributed by atoms with van der Waals surface area (Å²) in [4.78, 5) is 13.8. The van der Waals surface area contributed by atoms with Crippen molar-refractivity contribution in [1.82, 2.24) is 4.90 Å². The largest absolute Gasteiger partial charge is 0.484 e. The molecular formula is C15H21NO3. The van der Waals surface area contributed by atoms with E-state index in [0.717, 1.165) is 37.2 Å². The molecule has 1 fully saturated rings. The van der Waals surface area contributed by atoms with E-state index in [1.165, 1.54) is 0 Å². The van der Waals surface area contributed by atoms with Crippen molar-refractivity contribution >= 4 is 5.91 Å². The van der Waals surface area contributed by atoms with E-state index in [2.05, 4.69) is 0 Å². The first-order valence-corrected chi connectivity index (χ1v) is 6.77. The van der Waals surface area contributed by atoms with E-state index in [1.807, 2.05) is 36.1 Å². The number of benzene rings is 1. The summed E-state index contributed by atoms with van der Waals surface area (Å²) in [6.07, 6.45) is 1.76. The predicted octanol–water partition coefficient (Wildman–Crippen LogP) is 1.60. The molecule has 0 spiro atoms. The van der Waals surface area contributed by atoms with Crippen molar-refractivity contribution in [3.63, 3.8) is 0 Å². The van der Waals surface area contributed by atoms with Gasteiger partial charge in [0.05, 0.1) is 0 Å². The van der Waals surface area contributed by atoms with Crippen molar-refractivity contribution in [3.05, 3.63) is 29.8 Å². The number of aliphatic hydroxyl groups excluding tert-OH is 1. The van der Waals surface area contributed by atoms with Gasteiger partial charge in [0.25, 0.3) is 5.91 Å². The standard InChI is InChI=1S/C15H21NO3/c1-12-3-2-4-14(9-12)19-11-15(18)16-7-5-13(10-17)6-8-16/h2-4,9,13,17H,5-8,10-11H2,1H3. The van der Waals surface area contributed by atoms with Gasteiger partial charge in [0.15, 0.2) is 6.61 Å². The molecule has 1 amide bonds. The first-order chi connectivity index (χ1) is 9.19. The van der Waals surface area contributed by atoms with Gasteiger partial charge in [-0.15, -0.1) is 0 Å². The third-order valence-corrected chi connectivity index (χ3v) is 3.58. The van der Waals surface area contributed by atoms with Crippen LogP contribution in [-0.2, 0) is 4.79 Å². The molecule has 0 saturated carbocycles. The maximum absolute atomic E-state index is 12.0. The molecule has 0 radical (unpaired) electrons. The number of aryl methyl sites for hydroxylation is 1. The number of hydrogen-bond donors (Lipinski definition) is 1. The summed E-state index contributed by atoms with van der Waals surface area (Å²) in [5, 5.41) is 9.07. The Hall–Kier alpha value is -1.55. The molecule has 1 aliphatic heterocycles. The summed E-state index contributed by atoms with van der Waals surface area (Å²) in [6.45, 7) is 3.76. The zero-order valence-corrected chi connectivity index (χ0v) is 11.3. The van der Waals surface area contributed by atoms with E-state index in [9.17, 15) is 4.79 Å². The zero-order chi connectivity index (χ0) is 13.7. The number of ether oxygens (including phenoxy) is 1. The number of likely N-dealkylation sites (tertiary alicyclic amines) is 1. The number of carbonyl (C=O) groups is 1. The van der Waals surface area contributed by atoms with Gasteiger partial charge in [-0.25, -0.2) is 0 Å². The Kier molecular flexibility index (Phi) is 4.80. The van der Waals surface area contributed by atoms with Gasteiger partial charge in [-0.05, 0) is 43.4 Å². The summed E-state index contributed by atoms with van der Waals surface area (Å²) in [6, 6.07) is 7.69. The second-order valence-corrected chi connectivity index (χ2v) is 5.11.